The number of allylic oxidation sites excluding steroid dienone is 1. The lowest BCUT2D eigenvalue weighted by atomic mass is 9.89. The zero-order chi connectivity index (χ0) is 22.1. The Labute approximate surface area is 175 Å². The van der Waals surface area contributed by atoms with Crippen LogP contribution >= 0.6 is 0 Å². The van der Waals surface area contributed by atoms with E-state index >= 15 is 0 Å². The summed E-state index contributed by atoms with van der Waals surface area (Å²) in [5, 5.41) is 12.0. The predicted octanol–water partition coefficient (Wildman–Crippen LogP) is 1.51. The number of carboxylic acid groups (broad SMARTS) is 1. The summed E-state index contributed by atoms with van der Waals surface area (Å²) in [7, 11) is 3.14. The van der Waals surface area contributed by atoms with Crippen LogP contribution < -0.4 is 14.8 Å². The topological polar surface area (TPSA) is 107 Å². The van der Waals surface area contributed by atoms with Crippen molar-refractivity contribution in [2.24, 2.45) is 0 Å². The fourth-order valence-corrected chi connectivity index (χ4v) is 3.84. The molecule has 30 heavy (non-hydrogen) atoms. The van der Waals surface area contributed by atoms with Crippen LogP contribution in [0.2, 0.25) is 0 Å². The van der Waals surface area contributed by atoms with Gasteiger partial charge in [-0.05, 0) is 32.9 Å². The number of amides is 1. The third-order valence-corrected chi connectivity index (χ3v) is 5.22. The minimum Gasteiger partial charge on any atom is -0.497 e. The zero-order valence-electron chi connectivity index (χ0n) is 17.8. The van der Waals surface area contributed by atoms with Crippen molar-refractivity contribution in [3.05, 3.63) is 35.5 Å². The molecule has 0 bridgehead atoms. The van der Waals surface area contributed by atoms with Gasteiger partial charge in [0.15, 0.2) is 5.79 Å². The van der Waals surface area contributed by atoms with Crippen LogP contribution in [0.1, 0.15) is 26.3 Å². The summed E-state index contributed by atoms with van der Waals surface area (Å²) in [6.07, 6.45) is 0.687. The fraction of sp³-hybridized carbons (Fsp3) is 0.524. The lowest BCUT2D eigenvalue weighted by Crippen LogP contribution is -2.73. The second-order valence-electron chi connectivity index (χ2n) is 7.79. The van der Waals surface area contributed by atoms with E-state index in [1.165, 1.54) is 0 Å². The summed E-state index contributed by atoms with van der Waals surface area (Å²) in [5.41, 5.74) is 1.22. The van der Waals surface area contributed by atoms with E-state index in [4.69, 9.17) is 24.1 Å². The van der Waals surface area contributed by atoms with Crippen molar-refractivity contribution in [3.8, 4) is 11.5 Å². The summed E-state index contributed by atoms with van der Waals surface area (Å²) in [6, 6.07) is 4.50. The average Bonchev–Trinajstić information content (AvgIpc) is 3.04. The molecule has 3 rings (SSSR count). The van der Waals surface area contributed by atoms with E-state index in [9.17, 15) is 9.59 Å². The summed E-state index contributed by atoms with van der Waals surface area (Å²) in [6.45, 7) is 5.91. The van der Waals surface area contributed by atoms with E-state index in [0.717, 1.165) is 11.6 Å². The highest BCUT2D eigenvalue weighted by atomic mass is 16.7. The SMILES string of the molecule is COc1ccc(CN2C(=O)[C@@H](N/C(C)=C\C(=O)O)[C@H]2[C@@H]2COC(C)(C)O2)c(OC)c1. The number of β-lactam (4-membered cyclic amide) rings is 1. The van der Waals surface area contributed by atoms with Gasteiger partial charge in [-0.3, -0.25) is 4.79 Å². The van der Waals surface area contributed by atoms with E-state index in [-0.39, 0.29) is 18.1 Å². The number of nitrogens with zero attached hydrogens (tertiary/aromatic N) is 1. The van der Waals surface area contributed by atoms with Crippen molar-refractivity contribution in [2.45, 2.75) is 51.3 Å². The largest absolute Gasteiger partial charge is 0.497 e. The number of methoxy groups -OCH3 is 2. The molecule has 9 nitrogen and oxygen atoms in total. The Bertz CT molecular complexity index is 852. The predicted molar refractivity (Wildman–Crippen MR) is 107 cm³/mol. The number of carboxylic acids is 1. The van der Waals surface area contributed by atoms with E-state index in [0.29, 0.717) is 30.3 Å². The van der Waals surface area contributed by atoms with Crippen molar-refractivity contribution in [3.63, 3.8) is 0 Å². The first-order chi connectivity index (χ1) is 14.1. The highest BCUT2D eigenvalue weighted by molar-refractivity contribution is 5.90. The minimum absolute atomic E-state index is 0.149. The number of carbonyl (C=O) groups excluding carboxylic acids is 1. The van der Waals surface area contributed by atoms with Gasteiger partial charge in [-0.1, -0.05) is 0 Å². The number of aliphatic carboxylic acids is 1. The maximum atomic E-state index is 13.0. The summed E-state index contributed by atoms with van der Waals surface area (Å²) in [4.78, 5) is 25.6. The molecule has 1 aromatic rings. The van der Waals surface area contributed by atoms with Gasteiger partial charge in [0.25, 0.3) is 0 Å². The lowest BCUT2D eigenvalue weighted by Gasteiger charge is -2.50. The lowest BCUT2D eigenvalue weighted by molar-refractivity contribution is -0.174. The Morgan fingerprint density at radius 1 is 1.37 bits per heavy atom. The van der Waals surface area contributed by atoms with Gasteiger partial charge in [-0.2, -0.15) is 0 Å². The van der Waals surface area contributed by atoms with Gasteiger partial charge in [0, 0.05) is 29.9 Å². The molecule has 0 unspecified atom stereocenters. The van der Waals surface area contributed by atoms with Crippen molar-refractivity contribution in [2.75, 3.05) is 20.8 Å². The van der Waals surface area contributed by atoms with Crippen LogP contribution in [0.4, 0.5) is 0 Å². The molecule has 2 aliphatic rings. The fourth-order valence-electron chi connectivity index (χ4n) is 3.84. The number of likely N-dealkylation sites (tertiary alicyclic amines) is 1. The summed E-state index contributed by atoms with van der Waals surface area (Å²) < 4.78 is 22.4. The number of hydrogen-bond donors (Lipinski definition) is 2. The van der Waals surface area contributed by atoms with Crippen LogP contribution in [-0.2, 0) is 25.6 Å². The standard InChI is InChI=1S/C21H28N2O7/c1-12(8-17(24)25)22-18-19(16-11-29-21(2,3)30-16)23(20(18)26)10-13-6-7-14(27-4)9-15(13)28-5/h6-9,16,18-19,22H,10-11H2,1-5H3,(H,24,25)/b12-8-/t16-,18-,19+/m0/s1. The first kappa shape index (κ1) is 21.9. The molecule has 3 atom stereocenters. The second-order valence-corrected chi connectivity index (χ2v) is 7.79. The molecule has 0 spiro atoms. The third kappa shape index (κ3) is 4.52. The van der Waals surface area contributed by atoms with Crippen LogP contribution in [0, 0.1) is 0 Å². The molecule has 2 fully saturated rings. The average molecular weight is 420 g/mol. The van der Waals surface area contributed by atoms with Gasteiger partial charge in [-0.25, -0.2) is 4.79 Å². The molecule has 1 aromatic carbocycles. The highest BCUT2D eigenvalue weighted by Crippen LogP contribution is 2.36. The number of hydrogen-bond acceptors (Lipinski definition) is 7. The smallest absolute Gasteiger partial charge is 0.330 e. The molecular formula is C21H28N2O7. The molecule has 1 amide bonds. The van der Waals surface area contributed by atoms with Gasteiger partial charge in [0.1, 0.15) is 23.6 Å². The van der Waals surface area contributed by atoms with Crippen molar-refractivity contribution in [1.82, 2.24) is 10.2 Å². The number of rotatable bonds is 8. The molecule has 2 saturated heterocycles. The van der Waals surface area contributed by atoms with Crippen LogP contribution in [0.3, 0.4) is 0 Å². The van der Waals surface area contributed by atoms with Crippen LogP contribution in [0.25, 0.3) is 0 Å². The Morgan fingerprint density at radius 2 is 2.10 bits per heavy atom. The van der Waals surface area contributed by atoms with Crippen molar-refractivity contribution in [1.29, 1.82) is 0 Å². The Balaban J connectivity index is 1.84. The minimum atomic E-state index is -1.08. The molecule has 9 heteroatoms. The highest BCUT2D eigenvalue weighted by Gasteiger charge is 2.54. The van der Waals surface area contributed by atoms with Crippen LogP contribution in [-0.4, -0.2) is 66.7 Å². The van der Waals surface area contributed by atoms with E-state index in [1.54, 1.807) is 32.1 Å². The molecule has 0 radical (unpaired) electrons. The molecule has 0 aromatic heterocycles. The van der Waals surface area contributed by atoms with Gasteiger partial charge < -0.3 is 34.3 Å². The monoisotopic (exact) mass is 420 g/mol. The van der Waals surface area contributed by atoms with E-state index in [2.05, 4.69) is 5.32 Å². The van der Waals surface area contributed by atoms with E-state index in [1.807, 2.05) is 26.0 Å². The molecular weight excluding hydrogens is 392 g/mol. The molecule has 0 aliphatic carbocycles. The first-order valence-corrected chi connectivity index (χ1v) is 9.66. The maximum Gasteiger partial charge on any atom is 0.330 e. The normalized spacial score (nSPS) is 25.6. The van der Waals surface area contributed by atoms with Crippen molar-refractivity contribution >= 4 is 11.9 Å². The summed E-state index contributed by atoms with van der Waals surface area (Å²) in [5.74, 6) is -0.703. The molecule has 164 valence electrons. The number of ether oxygens (including phenoxy) is 4. The number of nitrogens with one attached hydrogen (secondary N) is 1. The molecule has 0 saturated carbocycles. The van der Waals surface area contributed by atoms with Gasteiger partial charge in [0.05, 0.1) is 26.9 Å². The molecule has 2 heterocycles. The first-order valence-electron chi connectivity index (χ1n) is 9.66. The third-order valence-electron chi connectivity index (χ3n) is 5.22. The Morgan fingerprint density at radius 3 is 2.67 bits per heavy atom. The van der Waals surface area contributed by atoms with Crippen molar-refractivity contribution < 1.29 is 33.6 Å². The molecule has 2 N–H and O–H groups in total. The second kappa shape index (κ2) is 8.53. The molecule has 2 aliphatic heterocycles. The van der Waals surface area contributed by atoms with Gasteiger partial charge in [0.2, 0.25) is 5.91 Å². The van der Waals surface area contributed by atoms with E-state index < -0.39 is 17.8 Å². The van der Waals surface area contributed by atoms with Crippen LogP contribution in [0.5, 0.6) is 11.5 Å². The number of benzene rings is 1. The Kier molecular flexibility index (Phi) is 6.23. The number of carbonyl (C=O) groups is 2. The maximum absolute atomic E-state index is 13.0. The Hall–Kier alpha value is -2.78. The quantitative estimate of drug-likeness (QED) is 0.482. The summed E-state index contributed by atoms with van der Waals surface area (Å²) >= 11 is 0. The van der Waals surface area contributed by atoms with Gasteiger partial charge in [-0.15, -0.1) is 0 Å². The van der Waals surface area contributed by atoms with Crippen LogP contribution in [0.15, 0.2) is 30.0 Å². The zero-order valence-corrected chi connectivity index (χ0v) is 17.8. The van der Waals surface area contributed by atoms with Gasteiger partial charge >= 0.3 is 5.97 Å².